The number of nitrogens with one attached hydrogen (secondary N) is 2. The molecular weight excluding hydrogens is 318 g/mol. The van der Waals surface area contributed by atoms with Gasteiger partial charge in [-0.2, -0.15) is 5.10 Å². The Labute approximate surface area is 148 Å². The molecule has 25 heavy (non-hydrogen) atoms. The van der Waals surface area contributed by atoms with Gasteiger partial charge in [0.2, 0.25) is 0 Å². The molecule has 2 rings (SSSR count). The van der Waals surface area contributed by atoms with E-state index in [1.807, 2.05) is 33.0 Å². The number of nitrogens with zero attached hydrogens (tertiary/aromatic N) is 3. The van der Waals surface area contributed by atoms with Gasteiger partial charge in [0, 0.05) is 44.5 Å². The fourth-order valence-electron chi connectivity index (χ4n) is 2.52. The number of carbonyl (C=O) groups excluding carboxylic acids is 2. The first kappa shape index (κ1) is 18.5. The van der Waals surface area contributed by atoms with E-state index in [-0.39, 0.29) is 18.0 Å². The standard InChI is InChI=1S/C18H25N5O2/c1-12(16-11-20-23(5)13(16)2)21-18(25)19-10-14-7-6-8-15(9-14)17(24)22(3)4/h6-9,11-12H,10H2,1-5H3,(H2,19,21,25). The minimum absolute atomic E-state index is 0.0630. The van der Waals surface area contributed by atoms with Crippen molar-refractivity contribution < 1.29 is 9.59 Å². The Hall–Kier alpha value is -2.83. The van der Waals surface area contributed by atoms with Crippen molar-refractivity contribution in [2.24, 2.45) is 7.05 Å². The average molecular weight is 343 g/mol. The quantitative estimate of drug-likeness (QED) is 0.871. The molecule has 0 aliphatic carbocycles. The molecule has 0 saturated carbocycles. The summed E-state index contributed by atoms with van der Waals surface area (Å²) in [7, 11) is 5.29. The molecule has 134 valence electrons. The predicted octanol–water partition coefficient (Wildman–Crippen LogP) is 1.99. The normalized spacial score (nSPS) is 11.7. The van der Waals surface area contributed by atoms with Gasteiger partial charge in [0.25, 0.3) is 5.91 Å². The summed E-state index contributed by atoms with van der Waals surface area (Å²) < 4.78 is 1.78. The number of aryl methyl sites for hydroxylation is 1. The van der Waals surface area contributed by atoms with Crippen LogP contribution in [-0.2, 0) is 13.6 Å². The highest BCUT2D eigenvalue weighted by Gasteiger charge is 2.14. The van der Waals surface area contributed by atoms with Crippen molar-refractivity contribution in [1.82, 2.24) is 25.3 Å². The van der Waals surface area contributed by atoms with E-state index >= 15 is 0 Å². The summed E-state index contributed by atoms with van der Waals surface area (Å²) in [6, 6.07) is 6.83. The third-order valence-electron chi connectivity index (χ3n) is 4.12. The summed E-state index contributed by atoms with van der Waals surface area (Å²) in [6.07, 6.45) is 1.76. The number of carbonyl (C=O) groups is 2. The lowest BCUT2D eigenvalue weighted by molar-refractivity contribution is 0.0827. The number of benzene rings is 1. The van der Waals surface area contributed by atoms with Crippen LogP contribution in [-0.4, -0.2) is 40.7 Å². The molecule has 1 aromatic heterocycles. The summed E-state index contributed by atoms with van der Waals surface area (Å²) >= 11 is 0. The zero-order chi connectivity index (χ0) is 18.6. The molecule has 1 atom stereocenters. The largest absolute Gasteiger partial charge is 0.345 e. The molecule has 0 aliphatic heterocycles. The van der Waals surface area contributed by atoms with Gasteiger partial charge < -0.3 is 15.5 Å². The minimum Gasteiger partial charge on any atom is -0.345 e. The fourth-order valence-corrected chi connectivity index (χ4v) is 2.52. The van der Waals surface area contributed by atoms with E-state index in [9.17, 15) is 9.59 Å². The monoisotopic (exact) mass is 343 g/mol. The number of hydrogen-bond donors (Lipinski definition) is 2. The molecule has 7 heteroatoms. The van der Waals surface area contributed by atoms with E-state index in [4.69, 9.17) is 0 Å². The lowest BCUT2D eigenvalue weighted by Crippen LogP contribution is -2.36. The summed E-state index contributed by atoms with van der Waals surface area (Å²) in [5.41, 5.74) is 3.47. The van der Waals surface area contributed by atoms with Crippen LogP contribution in [0.3, 0.4) is 0 Å². The van der Waals surface area contributed by atoms with Gasteiger partial charge in [0.15, 0.2) is 0 Å². The topological polar surface area (TPSA) is 79.3 Å². The van der Waals surface area contributed by atoms with Crippen molar-refractivity contribution in [3.8, 4) is 0 Å². The molecule has 0 bridgehead atoms. The number of aromatic nitrogens is 2. The lowest BCUT2D eigenvalue weighted by Gasteiger charge is -2.15. The second kappa shape index (κ2) is 7.83. The van der Waals surface area contributed by atoms with Crippen LogP contribution in [0.15, 0.2) is 30.5 Å². The summed E-state index contributed by atoms with van der Waals surface area (Å²) in [5.74, 6) is -0.0630. The van der Waals surface area contributed by atoms with Gasteiger partial charge in [-0.25, -0.2) is 4.79 Å². The van der Waals surface area contributed by atoms with Gasteiger partial charge in [-0.3, -0.25) is 9.48 Å². The molecular formula is C18H25N5O2. The Bertz CT molecular complexity index is 767. The van der Waals surface area contributed by atoms with Crippen molar-refractivity contribution in [2.45, 2.75) is 26.4 Å². The lowest BCUT2D eigenvalue weighted by atomic mass is 10.1. The summed E-state index contributed by atoms with van der Waals surface area (Å²) in [5, 5.41) is 9.90. The summed E-state index contributed by atoms with van der Waals surface area (Å²) in [6.45, 7) is 4.23. The van der Waals surface area contributed by atoms with Gasteiger partial charge in [0.1, 0.15) is 0 Å². The molecule has 1 heterocycles. The van der Waals surface area contributed by atoms with Gasteiger partial charge in [-0.05, 0) is 31.5 Å². The maximum Gasteiger partial charge on any atom is 0.315 e. The van der Waals surface area contributed by atoms with Crippen molar-refractivity contribution in [1.29, 1.82) is 0 Å². The van der Waals surface area contributed by atoms with E-state index in [0.717, 1.165) is 16.8 Å². The highest BCUT2D eigenvalue weighted by Crippen LogP contribution is 2.15. The number of urea groups is 1. The molecule has 1 aromatic carbocycles. The highest BCUT2D eigenvalue weighted by atomic mass is 16.2. The molecule has 2 N–H and O–H groups in total. The third-order valence-corrected chi connectivity index (χ3v) is 4.12. The zero-order valence-corrected chi connectivity index (χ0v) is 15.3. The number of hydrogen-bond acceptors (Lipinski definition) is 3. The summed E-state index contributed by atoms with van der Waals surface area (Å²) in [4.78, 5) is 25.6. The van der Waals surface area contributed by atoms with E-state index in [2.05, 4.69) is 15.7 Å². The molecule has 3 amide bonds. The first-order valence-corrected chi connectivity index (χ1v) is 8.13. The zero-order valence-electron chi connectivity index (χ0n) is 15.3. The van der Waals surface area contributed by atoms with Crippen LogP contribution < -0.4 is 10.6 Å². The van der Waals surface area contributed by atoms with Crippen LogP contribution in [0.25, 0.3) is 0 Å². The van der Waals surface area contributed by atoms with Crippen LogP contribution in [0.5, 0.6) is 0 Å². The van der Waals surface area contributed by atoms with Crippen molar-refractivity contribution in [3.05, 3.63) is 52.8 Å². The third kappa shape index (κ3) is 4.59. The molecule has 0 radical (unpaired) electrons. The Morgan fingerprint density at radius 2 is 2.04 bits per heavy atom. The first-order chi connectivity index (χ1) is 11.8. The van der Waals surface area contributed by atoms with E-state index in [1.165, 1.54) is 4.90 Å². The van der Waals surface area contributed by atoms with Crippen LogP contribution in [0.1, 0.15) is 40.1 Å². The van der Waals surface area contributed by atoms with Gasteiger partial charge >= 0.3 is 6.03 Å². The minimum atomic E-state index is -0.264. The Kier molecular flexibility index (Phi) is 5.80. The van der Waals surface area contributed by atoms with E-state index < -0.39 is 0 Å². The van der Waals surface area contributed by atoms with Gasteiger partial charge in [-0.1, -0.05) is 12.1 Å². The molecule has 0 spiro atoms. The first-order valence-electron chi connectivity index (χ1n) is 8.13. The Morgan fingerprint density at radius 3 is 2.64 bits per heavy atom. The number of rotatable bonds is 5. The van der Waals surface area contributed by atoms with Crippen LogP contribution in [0, 0.1) is 6.92 Å². The maximum absolute atomic E-state index is 12.1. The average Bonchev–Trinajstić information content (AvgIpc) is 2.91. The maximum atomic E-state index is 12.1. The SMILES string of the molecule is Cc1c(C(C)NC(=O)NCc2cccc(C(=O)N(C)C)c2)cnn1C. The van der Waals surface area contributed by atoms with Crippen molar-refractivity contribution in [3.63, 3.8) is 0 Å². The second-order valence-corrected chi connectivity index (χ2v) is 6.26. The molecule has 2 aromatic rings. The van der Waals surface area contributed by atoms with Crippen LogP contribution in [0.2, 0.25) is 0 Å². The Balaban J connectivity index is 1.93. The van der Waals surface area contributed by atoms with E-state index in [0.29, 0.717) is 12.1 Å². The molecule has 0 fully saturated rings. The fraction of sp³-hybridized carbons (Fsp3) is 0.389. The second-order valence-electron chi connectivity index (χ2n) is 6.26. The van der Waals surface area contributed by atoms with Crippen molar-refractivity contribution in [2.75, 3.05) is 14.1 Å². The van der Waals surface area contributed by atoms with Gasteiger partial charge in [-0.15, -0.1) is 0 Å². The Morgan fingerprint density at radius 1 is 1.32 bits per heavy atom. The molecule has 7 nitrogen and oxygen atoms in total. The molecule has 0 aliphatic rings. The van der Waals surface area contributed by atoms with E-state index in [1.54, 1.807) is 37.1 Å². The molecule has 0 saturated heterocycles. The van der Waals surface area contributed by atoms with Crippen LogP contribution in [0.4, 0.5) is 4.79 Å². The van der Waals surface area contributed by atoms with Crippen LogP contribution >= 0.6 is 0 Å². The highest BCUT2D eigenvalue weighted by molar-refractivity contribution is 5.94. The smallest absolute Gasteiger partial charge is 0.315 e. The number of amides is 3. The molecule has 1 unspecified atom stereocenters. The van der Waals surface area contributed by atoms with Gasteiger partial charge in [0.05, 0.1) is 12.2 Å². The predicted molar refractivity (Wildman–Crippen MR) is 96.2 cm³/mol. The van der Waals surface area contributed by atoms with Crippen molar-refractivity contribution >= 4 is 11.9 Å².